The van der Waals surface area contributed by atoms with E-state index in [9.17, 15) is 23.2 Å². The van der Waals surface area contributed by atoms with E-state index in [0.717, 1.165) is 29.5 Å². The van der Waals surface area contributed by atoms with Crippen molar-refractivity contribution < 1.29 is 27.9 Å². The molecule has 0 aliphatic carbocycles. The number of nitrogens with one attached hydrogen (secondary N) is 1. The minimum Gasteiger partial charge on any atom is -0.462 e. The number of esters is 1. The summed E-state index contributed by atoms with van der Waals surface area (Å²) in [5.74, 6) is -3.62. The van der Waals surface area contributed by atoms with Crippen molar-refractivity contribution in [3.63, 3.8) is 0 Å². The van der Waals surface area contributed by atoms with Crippen molar-refractivity contribution in [2.75, 3.05) is 25.0 Å². The van der Waals surface area contributed by atoms with Crippen LogP contribution in [0.4, 0.5) is 13.8 Å². The Bertz CT molecular complexity index is 939. The van der Waals surface area contributed by atoms with Crippen molar-refractivity contribution in [2.45, 2.75) is 27.7 Å². The van der Waals surface area contributed by atoms with Crippen molar-refractivity contribution in [3.8, 4) is 0 Å². The van der Waals surface area contributed by atoms with Crippen LogP contribution in [0.25, 0.3) is 0 Å². The van der Waals surface area contributed by atoms with Gasteiger partial charge in [-0.15, -0.1) is 11.3 Å². The molecule has 6 nitrogen and oxygen atoms in total. The summed E-state index contributed by atoms with van der Waals surface area (Å²) in [5, 5.41) is 2.47. The van der Waals surface area contributed by atoms with Gasteiger partial charge in [0, 0.05) is 13.1 Å². The summed E-state index contributed by atoms with van der Waals surface area (Å²) in [7, 11) is 0. The van der Waals surface area contributed by atoms with Crippen LogP contribution >= 0.6 is 11.3 Å². The summed E-state index contributed by atoms with van der Waals surface area (Å²) in [6, 6.07) is 2.49. The molecule has 0 bridgehead atoms. The third-order valence-electron chi connectivity index (χ3n) is 4.27. The Labute approximate surface area is 171 Å². The van der Waals surface area contributed by atoms with E-state index in [1.54, 1.807) is 18.7 Å². The molecule has 0 unspecified atom stereocenters. The number of halogens is 2. The number of nitrogens with zero attached hydrogens (tertiary/aromatic N) is 1. The largest absolute Gasteiger partial charge is 0.462 e. The van der Waals surface area contributed by atoms with Gasteiger partial charge in [-0.1, -0.05) is 0 Å². The molecule has 0 spiro atoms. The number of ether oxygens (including phenoxy) is 1. The lowest BCUT2D eigenvalue weighted by molar-refractivity contribution is 0.0527. The molecule has 2 rings (SSSR count). The smallest absolute Gasteiger partial charge is 0.341 e. The molecule has 1 heterocycles. The Kier molecular flexibility index (Phi) is 7.44. The topological polar surface area (TPSA) is 75.7 Å². The Balaban J connectivity index is 2.50. The van der Waals surface area contributed by atoms with Gasteiger partial charge in [0.25, 0.3) is 11.8 Å². The predicted molar refractivity (Wildman–Crippen MR) is 107 cm³/mol. The summed E-state index contributed by atoms with van der Waals surface area (Å²) in [5.41, 5.74) is -0.125. The molecular weight excluding hydrogens is 402 g/mol. The average molecular weight is 424 g/mol. The third kappa shape index (κ3) is 4.79. The van der Waals surface area contributed by atoms with Gasteiger partial charge in [-0.3, -0.25) is 9.59 Å². The molecule has 0 fully saturated rings. The van der Waals surface area contributed by atoms with Crippen molar-refractivity contribution in [1.82, 2.24) is 4.90 Å². The zero-order valence-electron chi connectivity index (χ0n) is 16.6. The Morgan fingerprint density at radius 3 is 2.38 bits per heavy atom. The fraction of sp³-hybridized carbons (Fsp3) is 0.350. The molecule has 0 aliphatic rings. The minimum absolute atomic E-state index is 0.0255. The number of benzene rings is 1. The van der Waals surface area contributed by atoms with Gasteiger partial charge < -0.3 is 15.0 Å². The lowest BCUT2D eigenvalue weighted by Gasteiger charge is -2.18. The number of carbonyl (C=O) groups excluding carboxylic acids is 3. The number of anilines is 1. The number of carbonyl (C=O) groups is 3. The summed E-state index contributed by atoms with van der Waals surface area (Å²) in [6.07, 6.45) is 0. The molecule has 0 radical (unpaired) electrons. The first-order valence-electron chi connectivity index (χ1n) is 9.11. The third-order valence-corrected chi connectivity index (χ3v) is 5.47. The lowest BCUT2D eigenvalue weighted by atomic mass is 10.1. The van der Waals surface area contributed by atoms with E-state index < -0.39 is 29.1 Å². The SMILES string of the molecule is CCOC(=O)c1c(NC(=O)c2cc(F)ccc2F)sc(C(=O)N(CC)CC)c1C. The van der Waals surface area contributed by atoms with Crippen LogP contribution in [0.3, 0.4) is 0 Å². The zero-order valence-corrected chi connectivity index (χ0v) is 17.4. The van der Waals surface area contributed by atoms with Crippen LogP contribution < -0.4 is 5.32 Å². The first-order chi connectivity index (χ1) is 13.7. The van der Waals surface area contributed by atoms with E-state index in [1.807, 2.05) is 13.8 Å². The maximum absolute atomic E-state index is 13.9. The molecule has 1 aromatic heterocycles. The van der Waals surface area contributed by atoms with E-state index in [-0.39, 0.29) is 28.0 Å². The maximum atomic E-state index is 13.9. The Hall–Kier alpha value is -2.81. The number of amides is 2. The van der Waals surface area contributed by atoms with Gasteiger partial charge in [-0.25, -0.2) is 13.6 Å². The van der Waals surface area contributed by atoms with Crippen molar-refractivity contribution in [3.05, 3.63) is 51.4 Å². The number of hydrogen-bond donors (Lipinski definition) is 1. The summed E-state index contributed by atoms with van der Waals surface area (Å²) < 4.78 is 32.4. The Morgan fingerprint density at radius 2 is 1.79 bits per heavy atom. The molecule has 0 saturated heterocycles. The molecule has 1 aromatic carbocycles. The fourth-order valence-electron chi connectivity index (χ4n) is 2.75. The molecule has 156 valence electrons. The molecule has 0 aliphatic heterocycles. The minimum atomic E-state index is -0.935. The average Bonchev–Trinajstić information content (AvgIpc) is 3.00. The normalized spacial score (nSPS) is 10.6. The van der Waals surface area contributed by atoms with Crippen LogP contribution in [0.15, 0.2) is 18.2 Å². The van der Waals surface area contributed by atoms with E-state index in [0.29, 0.717) is 18.7 Å². The van der Waals surface area contributed by atoms with Crippen LogP contribution in [0.2, 0.25) is 0 Å². The molecular formula is C20H22F2N2O4S. The highest BCUT2D eigenvalue weighted by atomic mass is 32.1. The quantitative estimate of drug-likeness (QED) is 0.675. The highest BCUT2D eigenvalue weighted by Crippen LogP contribution is 2.35. The highest BCUT2D eigenvalue weighted by Gasteiger charge is 2.28. The van der Waals surface area contributed by atoms with Gasteiger partial charge in [-0.05, 0) is 51.5 Å². The monoisotopic (exact) mass is 424 g/mol. The van der Waals surface area contributed by atoms with Crippen LogP contribution in [0.5, 0.6) is 0 Å². The summed E-state index contributed by atoms with van der Waals surface area (Å²) in [6.45, 7) is 7.90. The second-order valence-corrected chi connectivity index (χ2v) is 7.06. The van der Waals surface area contributed by atoms with E-state index in [4.69, 9.17) is 4.74 Å². The Morgan fingerprint density at radius 1 is 1.14 bits per heavy atom. The first-order valence-corrected chi connectivity index (χ1v) is 9.92. The molecule has 0 saturated carbocycles. The number of rotatable bonds is 7. The fourth-order valence-corrected chi connectivity index (χ4v) is 3.91. The van der Waals surface area contributed by atoms with Gasteiger partial charge in [0.15, 0.2) is 0 Å². The van der Waals surface area contributed by atoms with Crippen LogP contribution in [-0.2, 0) is 4.74 Å². The standard InChI is InChI=1S/C20H22F2N2O4S/c1-5-24(6-2)19(26)16-11(4)15(20(27)28-7-3)18(29-16)23-17(25)13-10-12(21)8-9-14(13)22/h8-10H,5-7H2,1-4H3,(H,23,25). The maximum Gasteiger partial charge on any atom is 0.341 e. The van der Waals surface area contributed by atoms with Crippen LogP contribution in [0, 0.1) is 18.6 Å². The molecule has 9 heteroatoms. The lowest BCUT2D eigenvalue weighted by Crippen LogP contribution is -2.30. The van der Waals surface area contributed by atoms with Crippen LogP contribution in [-0.4, -0.2) is 42.4 Å². The van der Waals surface area contributed by atoms with Crippen molar-refractivity contribution in [1.29, 1.82) is 0 Å². The van der Waals surface area contributed by atoms with Gasteiger partial charge >= 0.3 is 5.97 Å². The highest BCUT2D eigenvalue weighted by molar-refractivity contribution is 7.18. The van der Waals surface area contributed by atoms with Crippen molar-refractivity contribution in [2.24, 2.45) is 0 Å². The zero-order chi connectivity index (χ0) is 21.7. The van der Waals surface area contributed by atoms with E-state index in [1.165, 1.54) is 0 Å². The second kappa shape index (κ2) is 9.60. The molecule has 0 atom stereocenters. The van der Waals surface area contributed by atoms with Gasteiger partial charge in [0.1, 0.15) is 16.6 Å². The van der Waals surface area contributed by atoms with Gasteiger partial charge in [-0.2, -0.15) is 0 Å². The predicted octanol–water partition coefficient (Wildman–Crippen LogP) is 4.25. The number of thiophene rings is 1. The van der Waals surface area contributed by atoms with Crippen LogP contribution in [0.1, 0.15) is 56.7 Å². The first kappa shape index (κ1) is 22.5. The van der Waals surface area contributed by atoms with E-state index >= 15 is 0 Å². The molecule has 2 amide bonds. The van der Waals surface area contributed by atoms with E-state index in [2.05, 4.69) is 5.32 Å². The summed E-state index contributed by atoms with van der Waals surface area (Å²) in [4.78, 5) is 39.6. The molecule has 29 heavy (non-hydrogen) atoms. The molecule has 2 aromatic rings. The van der Waals surface area contributed by atoms with Gasteiger partial charge in [0.05, 0.1) is 22.6 Å². The van der Waals surface area contributed by atoms with Crippen molar-refractivity contribution >= 4 is 34.1 Å². The van der Waals surface area contributed by atoms with Gasteiger partial charge in [0.2, 0.25) is 0 Å². The second-order valence-electron chi connectivity index (χ2n) is 6.04. The number of hydrogen-bond acceptors (Lipinski definition) is 5. The molecule has 1 N–H and O–H groups in total. The summed E-state index contributed by atoms with van der Waals surface area (Å²) >= 11 is 0.900.